The van der Waals surface area contributed by atoms with Crippen molar-refractivity contribution in [2.75, 3.05) is 25.6 Å². The van der Waals surface area contributed by atoms with E-state index in [0.717, 1.165) is 5.82 Å². The van der Waals surface area contributed by atoms with Crippen molar-refractivity contribution in [2.24, 2.45) is 0 Å². The zero-order valence-corrected chi connectivity index (χ0v) is 12.9. The number of nitrogens with zero attached hydrogens (tertiary/aromatic N) is 2. The molecule has 0 bridgehead atoms. The van der Waals surface area contributed by atoms with E-state index >= 15 is 0 Å². The van der Waals surface area contributed by atoms with Crippen molar-refractivity contribution >= 4 is 22.6 Å². The highest BCUT2D eigenvalue weighted by atomic mass is 32.1. The van der Waals surface area contributed by atoms with Crippen molar-refractivity contribution in [3.05, 3.63) is 5.82 Å². The number of carbonyl (C=O) groups is 1. The monoisotopic (exact) mass is 286 g/mol. The third-order valence-electron chi connectivity index (χ3n) is 2.44. The highest BCUT2D eigenvalue weighted by molar-refractivity contribution is 7.09. The first kappa shape index (κ1) is 15.8. The summed E-state index contributed by atoms with van der Waals surface area (Å²) in [7, 11) is 1.60. The van der Waals surface area contributed by atoms with Gasteiger partial charge in [-0.05, 0) is 6.92 Å². The molecule has 1 amide bonds. The van der Waals surface area contributed by atoms with E-state index in [1.54, 1.807) is 14.0 Å². The maximum atomic E-state index is 11.8. The van der Waals surface area contributed by atoms with Gasteiger partial charge in [-0.25, -0.2) is 4.98 Å². The van der Waals surface area contributed by atoms with Gasteiger partial charge in [-0.2, -0.15) is 4.37 Å². The molecule has 19 heavy (non-hydrogen) atoms. The summed E-state index contributed by atoms with van der Waals surface area (Å²) in [6.45, 7) is 8.97. The maximum Gasteiger partial charge on any atom is 0.242 e. The lowest BCUT2D eigenvalue weighted by Gasteiger charge is -2.14. The number of anilines is 1. The highest BCUT2D eigenvalue weighted by Gasteiger charge is 2.21. The summed E-state index contributed by atoms with van der Waals surface area (Å²) < 4.78 is 9.17. The molecule has 7 heteroatoms. The molecule has 0 saturated carbocycles. The van der Waals surface area contributed by atoms with Crippen LogP contribution in [-0.2, 0) is 14.9 Å². The molecule has 1 aromatic rings. The minimum Gasteiger partial charge on any atom is -0.383 e. The molecule has 0 aliphatic rings. The standard InChI is InChI=1S/C12H22N4O2S/c1-8(9(17)13-6-7-18-5)14-11-15-10(16-19-11)12(2,3)4/h8H,6-7H2,1-5H3,(H,13,17)(H,14,15,16). The Balaban J connectivity index is 2.50. The third-order valence-corrected chi connectivity index (χ3v) is 3.08. The molecule has 0 aliphatic carbocycles. The molecule has 1 aromatic heterocycles. The summed E-state index contributed by atoms with van der Waals surface area (Å²) in [5.41, 5.74) is -0.0829. The summed E-state index contributed by atoms with van der Waals surface area (Å²) in [5.74, 6) is 0.705. The average Bonchev–Trinajstić information content (AvgIpc) is 2.77. The van der Waals surface area contributed by atoms with Crippen LogP contribution >= 0.6 is 11.5 Å². The van der Waals surface area contributed by atoms with Gasteiger partial charge in [-0.1, -0.05) is 20.8 Å². The van der Waals surface area contributed by atoms with Crippen LogP contribution in [-0.4, -0.2) is 41.6 Å². The van der Waals surface area contributed by atoms with Crippen molar-refractivity contribution in [2.45, 2.75) is 39.2 Å². The minimum atomic E-state index is -0.349. The summed E-state index contributed by atoms with van der Waals surface area (Å²) in [6, 6.07) is -0.349. The van der Waals surface area contributed by atoms with Gasteiger partial charge in [0.25, 0.3) is 0 Å². The first-order valence-electron chi connectivity index (χ1n) is 6.22. The SMILES string of the molecule is COCCNC(=O)C(C)Nc1nc(C(C)(C)C)ns1. The molecule has 0 saturated heterocycles. The van der Waals surface area contributed by atoms with Crippen LogP contribution in [0.15, 0.2) is 0 Å². The molecule has 2 N–H and O–H groups in total. The predicted molar refractivity (Wildman–Crippen MR) is 76.6 cm³/mol. The normalized spacial score (nSPS) is 13.1. The topological polar surface area (TPSA) is 76.1 Å². The van der Waals surface area contributed by atoms with E-state index in [4.69, 9.17) is 4.74 Å². The smallest absolute Gasteiger partial charge is 0.242 e. The molecule has 6 nitrogen and oxygen atoms in total. The fourth-order valence-electron chi connectivity index (χ4n) is 1.27. The van der Waals surface area contributed by atoms with Crippen LogP contribution in [0.1, 0.15) is 33.5 Å². The Bertz CT molecular complexity index is 414. The van der Waals surface area contributed by atoms with E-state index < -0.39 is 0 Å². The van der Waals surface area contributed by atoms with Gasteiger partial charge in [-0.3, -0.25) is 4.79 Å². The van der Waals surface area contributed by atoms with Gasteiger partial charge < -0.3 is 15.4 Å². The van der Waals surface area contributed by atoms with Gasteiger partial charge in [0, 0.05) is 30.6 Å². The van der Waals surface area contributed by atoms with Crippen molar-refractivity contribution in [1.82, 2.24) is 14.7 Å². The zero-order chi connectivity index (χ0) is 14.5. The van der Waals surface area contributed by atoms with E-state index in [0.29, 0.717) is 18.3 Å². The van der Waals surface area contributed by atoms with E-state index in [2.05, 4.69) is 40.8 Å². The zero-order valence-electron chi connectivity index (χ0n) is 12.1. The molecule has 0 radical (unpaired) electrons. The van der Waals surface area contributed by atoms with Gasteiger partial charge in [0.2, 0.25) is 11.0 Å². The van der Waals surface area contributed by atoms with Crippen LogP contribution in [0.3, 0.4) is 0 Å². The maximum absolute atomic E-state index is 11.8. The lowest BCUT2D eigenvalue weighted by molar-refractivity contribution is -0.121. The molecule has 0 spiro atoms. The minimum absolute atomic E-state index is 0.0791. The number of hydrogen-bond donors (Lipinski definition) is 2. The quantitative estimate of drug-likeness (QED) is 0.773. The second-order valence-electron chi connectivity index (χ2n) is 5.32. The average molecular weight is 286 g/mol. The predicted octanol–water partition coefficient (Wildman–Crippen LogP) is 1.40. The van der Waals surface area contributed by atoms with Crippen LogP contribution in [0, 0.1) is 0 Å². The van der Waals surface area contributed by atoms with Gasteiger partial charge >= 0.3 is 0 Å². The Labute approximate surface area is 118 Å². The Kier molecular flexibility index (Phi) is 5.68. The Morgan fingerprint density at radius 1 is 1.47 bits per heavy atom. The number of ether oxygens (including phenoxy) is 1. The number of amides is 1. The van der Waals surface area contributed by atoms with E-state index in [1.165, 1.54) is 11.5 Å². The summed E-state index contributed by atoms with van der Waals surface area (Å²) in [5, 5.41) is 6.49. The van der Waals surface area contributed by atoms with Crippen molar-refractivity contribution in [1.29, 1.82) is 0 Å². The lowest BCUT2D eigenvalue weighted by Crippen LogP contribution is -2.39. The number of hydrogen-bond acceptors (Lipinski definition) is 6. The van der Waals surface area contributed by atoms with E-state index in [9.17, 15) is 4.79 Å². The van der Waals surface area contributed by atoms with Gasteiger partial charge in [0.15, 0.2) is 0 Å². The van der Waals surface area contributed by atoms with Crippen LogP contribution in [0.4, 0.5) is 5.13 Å². The molecular formula is C12H22N4O2S. The van der Waals surface area contributed by atoms with Gasteiger partial charge in [-0.15, -0.1) is 0 Å². The summed E-state index contributed by atoms with van der Waals surface area (Å²) in [6.07, 6.45) is 0. The second kappa shape index (κ2) is 6.81. The Hall–Kier alpha value is -1.21. The molecule has 0 fully saturated rings. The Morgan fingerprint density at radius 2 is 2.16 bits per heavy atom. The number of methoxy groups -OCH3 is 1. The second-order valence-corrected chi connectivity index (χ2v) is 6.07. The molecule has 1 heterocycles. The molecule has 0 aromatic carbocycles. The summed E-state index contributed by atoms with van der Waals surface area (Å²) >= 11 is 1.27. The Morgan fingerprint density at radius 3 is 2.68 bits per heavy atom. The first-order chi connectivity index (χ1) is 8.84. The fraction of sp³-hybridized carbons (Fsp3) is 0.750. The first-order valence-corrected chi connectivity index (χ1v) is 6.99. The van der Waals surface area contributed by atoms with Crippen LogP contribution in [0.25, 0.3) is 0 Å². The molecule has 108 valence electrons. The van der Waals surface area contributed by atoms with Gasteiger partial charge in [0.1, 0.15) is 11.9 Å². The molecule has 1 atom stereocenters. The van der Waals surface area contributed by atoms with Gasteiger partial charge in [0.05, 0.1) is 6.61 Å². The summed E-state index contributed by atoms with van der Waals surface area (Å²) in [4.78, 5) is 16.1. The lowest BCUT2D eigenvalue weighted by atomic mass is 9.96. The van der Waals surface area contributed by atoms with Crippen LogP contribution in [0.2, 0.25) is 0 Å². The van der Waals surface area contributed by atoms with Crippen LogP contribution < -0.4 is 10.6 Å². The number of nitrogens with one attached hydrogen (secondary N) is 2. The largest absolute Gasteiger partial charge is 0.383 e. The highest BCUT2D eigenvalue weighted by Crippen LogP contribution is 2.23. The fourth-order valence-corrected chi connectivity index (χ4v) is 2.11. The molecule has 1 unspecified atom stereocenters. The molecular weight excluding hydrogens is 264 g/mol. The number of rotatable bonds is 6. The van der Waals surface area contributed by atoms with Crippen molar-refractivity contribution < 1.29 is 9.53 Å². The number of carbonyl (C=O) groups excluding carboxylic acids is 1. The van der Waals surface area contributed by atoms with E-state index in [-0.39, 0.29) is 17.4 Å². The molecule has 0 aliphatic heterocycles. The van der Waals surface area contributed by atoms with Crippen molar-refractivity contribution in [3.63, 3.8) is 0 Å². The van der Waals surface area contributed by atoms with Crippen LogP contribution in [0.5, 0.6) is 0 Å². The number of aromatic nitrogens is 2. The van der Waals surface area contributed by atoms with Crippen molar-refractivity contribution in [3.8, 4) is 0 Å². The molecule has 1 rings (SSSR count). The van der Waals surface area contributed by atoms with E-state index in [1.807, 2.05) is 0 Å². The third kappa shape index (κ3) is 5.12.